The minimum Gasteiger partial charge on any atom is -0.422 e. The van der Waals surface area contributed by atoms with Crippen molar-refractivity contribution in [3.05, 3.63) is 89.2 Å². The molecule has 0 unspecified atom stereocenters. The Morgan fingerprint density at radius 2 is 1.81 bits per heavy atom. The smallest absolute Gasteiger partial charge is 0.360 e. The monoisotopic (exact) mass is 348 g/mol. The van der Waals surface area contributed by atoms with Crippen molar-refractivity contribution in [2.24, 2.45) is 5.73 Å². The summed E-state index contributed by atoms with van der Waals surface area (Å²) in [5.41, 5.74) is 8.01. The molecule has 2 N–H and O–H groups in total. The molecule has 5 heteroatoms. The van der Waals surface area contributed by atoms with Crippen molar-refractivity contribution >= 4 is 11.9 Å². The highest BCUT2D eigenvalue weighted by atomic mass is 16.5. The third-order valence-corrected chi connectivity index (χ3v) is 4.20. The Morgan fingerprint density at radius 1 is 1.04 bits per heavy atom. The molecule has 1 amide bonds. The van der Waals surface area contributed by atoms with Crippen LogP contribution in [0.5, 0.6) is 5.75 Å². The van der Waals surface area contributed by atoms with E-state index in [1.165, 1.54) is 11.6 Å². The van der Waals surface area contributed by atoms with Crippen molar-refractivity contribution in [2.75, 3.05) is 0 Å². The zero-order valence-corrected chi connectivity index (χ0v) is 14.5. The van der Waals surface area contributed by atoms with Crippen LogP contribution in [-0.4, -0.2) is 16.4 Å². The van der Waals surface area contributed by atoms with Crippen LogP contribution in [0.2, 0.25) is 0 Å². The summed E-state index contributed by atoms with van der Waals surface area (Å²) in [6.45, 7) is 2.48. The number of carbonyl (C=O) groups is 2. The molecule has 0 aliphatic heterocycles. The van der Waals surface area contributed by atoms with Gasteiger partial charge in [0.2, 0.25) is 5.91 Å². The highest BCUT2D eigenvalue weighted by Crippen LogP contribution is 2.21. The topological polar surface area (TPSA) is 74.3 Å². The molecule has 0 atom stereocenters. The van der Waals surface area contributed by atoms with Crippen LogP contribution >= 0.6 is 0 Å². The Kier molecular flexibility index (Phi) is 5.17. The van der Waals surface area contributed by atoms with Crippen LogP contribution in [-0.2, 0) is 13.0 Å². The standard InChI is InChI=1S/C21H20N2O3/c1-15-9-10-17(20(22)24)14-19(15)26-21(25)18-8-5-12-23(18)13-11-16-6-3-2-4-7-16/h2-10,12,14H,11,13H2,1H3,(H2,22,24). The van der Waals surface area contributed by atoms with E-state index in [1.54, 1.807) is 18.2 Å². The highest BCUT2D eigenvalue weighted by Gasteiger charge is 2.15. The molecule has 3 aromatic rings. The zero-order valence-electron chi connectivity index (χ0n) is 14.5. The Hall–Kier alpha value is -3.34. The number of hydrogen-bond donors (Lipinski definition) is 1. The van der Waals surface area contributed by atoms with Crippen LogP contribution < -0.4 is 10.5 Å². The number of rotatable bonds is 6. The molecule has 0 saturated carbocycles. The normalized spacial score (nSPS) is 10.5. The molecule has 0 fully saturated rings. The van der Waals surface area contributed by atoms with Crippen molar-refractivity contribution in [1.82, 2.24) is 4.57 Å². The molecule has 1 heterocycles. The van der Waals surface area contributed by atoms with Gasteiger partial charge in [0.1, 0.15) is 11.4 Å². The number of aryl methyl sites for hydroxylation is 3. The van der Waals surface area contributed by atoms with Crippen LogP contribution in [0.1, 0.15) is 32.0 Å². The van der Waals surface area contributed by atoms with E-state index >= 15 is 0 Å². The van der Waals surface area contributed by atoms with E-state index in [9.17, 15) is 9.59 Å². The molecular weight excluding hydrogens is 328 g/mol. The van der Waals surface area contributed by atoms with Crippen molar-refractivity contribution in [1.29, 1.82) is 0 Å². The molecule has 0 bridgehead atoms. The molecule has 0 saturated heterocycles. The second-order valence-electron chi connectivity index (χ2n) is 6.06. The lowest BCUT2D eigenvalue weighted by Gasteiger charge is -2.11. The van der Waals surface area contributed by atoms with E-state index in [0.717, 1.165) is 12.0 Å². The first kappa shape index (κ1) is 17.5. The van der Waals surface area contributed by atoms with Crippen LogP contribution in [0, 0.1) is 6.92 Å². The van der Waals surface area contributed by atoms with Gasteiger partial charge in [0.15, 0.2) is 0 Å². The van der Waals surface area contributed by atoms with Gasteiger partial charge < -0.3 is 15.0 Å². The number of aromatic nitrogens is 1. The molecule has 2 aromatic carbocycles. The van der Waals surface area contributed by atoms with Gasteiger partial charge in [-0.2, -0.15) is 0 Å². The number of carbonyl (C=O) groups excluding carboxylic acids is 2. The molecule has 0 spiro atoms. The van der Waals surface area contributed by atoms with Gasteiger partial charge in [-0.1, -0.05) is 36.4 Å². The minimum atomic E-state index is -0.562. The van der Waals surface area contributed by atoms with Crippen molar-refractivity contribution < 1.29 is 14.3 Å². The van der Waals surface area contributed by atoms with Gasteiger partial charge in [0.25, 0.3) is 0 Å². The maximum atomic E-state index is 12.6. The molecular formula is C21H20N2O3. The second kappa shape index (κ2) is 7.70. The maximum Gasteiger partial charge on any atom is 0.360 e. The summed E-state index contributed by atoms with van der Waals surface area (Å²) in [7, 11) is 0. The molecule has 1 aromatic heterocycles. The number of primary amides is 1. The van der Waals surface area contributed by atoms with E-state index < -0.39 is 11.9 Å². The number of nitrogens with zero attached hydrogens (tertiary/aromatic N) is 1. The van der Waals surface area contributed by atoms with Crippen LogP contribution in [0.15, 0.2) is 66.9 Å². The third kappa shape index (κ3) is 4.00. The van der Waals surface area contributed by atoms with Crippen LogP contribution in [0.25, 0.3) is 0 Å². The quantitative estimate of drug-likeness (QED) is 0.548. The lowest BCUT2D eigenvalue weighted by molar-refractivity contribution is 0.0721. The summed E-state index contributed by atoms with van der Waals surface area (Å²) < 4.78 is 7.37. The van der Waals surface area contributed by atoms with Crippen molar-refractivity contribution in [3.63, 3.8) is 0 Å². The highest BCUT2D eigenvalue weighted by molar-refractivity contribution is 5.94. The first-order chi connectivity index (χ1) is 12.5. The molecule has 132 valence electrons. The Balaban J connectivity index is 1.74. The molecule has 0 radical (unpaired) electrons. The average Bonchev–Trinajstić information content (AvgIpc) is 3.11. The first-order valence-electron chi connectivity index (χ1n) is 8.36. The van der Waals surface area contributed by atoms with E-state index in [1.807, 2.05) is 42.0 Å². The van der Waals surface area contributed by atoms with Gasteiger partial charge in [-0.25, -0.2) is 4.79 Å². The fourth-order valence-corrected chi connectivity index (χ4v) is 2.70. The van der Waals surface area contributed by atoms with Gasteiger partial charge in [-0.05, 0) is 48.7 Å². The number of benzene rings is 2. The third-order valence-electron chi connectivity index (χ3n) is 4.20. The van der Waals surface area contributed by atoms with Gasteiger partial charge in [-0.3, -0.25) is 4.79 Å². The molecule has 0 aliphatic carbocycles. The predicted octanol–water partition coefficient (Wildman–Crippen LogP) is 3.36. The van der Waals surface area contributed by atoms with Gasteiger partial charge in [0.05, 0.1) is 0 Å². The summed E-state index contributed by atoms with van der Waals surface area (Å²) in [4.78, 5) is 23.9. The summed E-state index contributed by atoms with van der Waals surface area (Å²) in [6.07, 6.45) is 2.66. The van der Waals surface area contributed by atoms with Crippen LogP contribution in [0.4, 0.5) is 0 Å². The van der Waals surface area contributed by atoms with Gasteiger partial charge >= 0.3 is 5.97 Å². The van der Waals surface area contributed by atoms with Gasteiger partial charge in [0, 0.05) is 18.3 Å². The fraction of sp³-hybridized carbons (Fsp3) is 0.143. The number of esters is 1. The fourth-order valence-electron chi connectivity index (χ4n) is 2.70. The lowest BCUT2D eigenvalue weighted by atomic mass is 10.1. The Labute approximate surface area is 152 Å². The Morgan fingerprint density at radius 3 is 2.54 bits per heavy atom. The number of ether oxygens (including phenoxy) is 1. The van der Waals surface area contributed by atoms with E-state index in [2.05, 4.69) is 12.1 Å². The zero-order chi connectivity index (χ0) is 18.5. The largest absolute Gasteiger partial charge is 0.422 e. The molecule has 5 nitrogen and oxygen atoms in total. The summed E-state index contributed by atoms with van der Waals surface area (Å²) >= 11 is 0. The number of hydrogen-bond acceptors (Lipinski definition) is 3. The number of amides is 1. The van der Waals surface area contributed by atoms with E-state index in [4.69, 9.17) is 10.5 Å². The first-order valence-corrected chi connectivity index (χ1v) is 8.36. The van der Waals surface area contributed by atoms with E-state index in [0.29, 0.717) is 23.6 Å². The lowest BCUT2D eigenvalue weighted by Crippen LogP contribution is -2.16. The molecule has 3 rings (SSSR count). The SMILES string of the molecule is Cc1ccc(C(N)=O)cc1OC(=O)c1cccn1CCc1ccccc1. The summed E-state index contributed by atoms with van der Waals surface area (Å²) in [5, 5.41) is 0. The van der Waals surface area contributed by atoms with Crippen molar-refractivity contribution in [2.45, 2.75) is 19.9 Å². The van der Waals surface area contributed by atoms with Crippen molar-refractivity contribution in [3.8, 4) is 5.75 Å². The second-order valence-corrected chi connectivity index (χ2v) is 6.06. The summed E-state index contributed by atoms with van der Waals surface area (Å²) in [5.74, 6) is -0.691. The summed E-state index contributed by atoms with van der Waals surface area (Å²) in [6, 6.07) is 18.4. The maximum absolute atomic E-state index is 12.6. The van der Waals surface area contributed by atoms with Crippen LogP contribution in [0.3, 0.4) is 0 Å². The molecule has 0 aliphatic rings. The predicted molar refractivity (Wildman–Crippen MR) is 99.2 cm³/mol. The minimum absolute atomic E-state index is 0.304. The van der Waals surface area contributed by atoms with E-state index in [-0.39, 0.29) is 0 Å². The van der Waals surface area contributed by atoms with Gasteiger partial charge in [-0.15, -0.1) is 0 Å². The molecule has 26 heavy (non-hydrogen) atoms. The number of nitrogens with two attached hydrogens (primary N) is 1. The Bertz CT molecular complexity index is 929. The average molecular weight is 348 g/mol.